The lowest BCUT2D eigenvalue weighted by Crippen LogP contribution is -1.99. The average Bonchev–Trinajstić information content (AvgIpc) is 2.60. The SMILES string of the molecule is Cn1ccc(Nc2cc(F)c(Cl)cc2N)n1. The molecule has 1 aromatic carbocycles. The Hall–Kier alpha value is -1.75. The fraction of sp³-hybridized carbons (Fsp3) is 0.100. The number of rotatable bonds is 2. The molecule has 0 amide bonds. The predicted molar refractivity (Wildman–Crippen MR) is 62.3 cm³/mol. The summed E-state index contributed by atoms with van der Waals surface area (Å²) >= 11 is 5.59. The normalized spacial score (nSPS) is 10.4. The third-order valence-corrected chi connectivity index (χ3v) is 2.36. The molecule has 6 heteroatoms. The molecule has 0 saturated carbocycles. The summed E-state index contributed by atoms with van der Waals surface area (Å²) in [6, 6.07) is 4.36. The van der Waals surface area contributed by atoms with Crippen molar-refractivity contribution in [3.63, 3.8) is 0 Å². The Labute approximate surface area is 96.8 Å². The van der Waals surface area contributed by atoms with Crippen LogP contribution in [0.25, 0.3) is 0 Å². The molecule has 0 fully saturated rings. The third kappa shape index (κ3) is 2.09. The van der Waals surface area contributed by atoms with Gasteiger partial charge in [-0.25, -0.2) is 4.39 Å². The summed E-state index contributed by atoms with van der Waals surface area (Å²) < 4.78 is 14.8. The average molecular weight is 241 g/mol. The predicted octanol–water partition coefficient (Wildman–Crippen LogP) is 2.54. The van der Waals surface area contributed by atoms with Crippen molar-refractivity contribution in [3.8, 4) is 0 Å². The topological polar surface area (TPSA) is 55.9 Å². The Balaban J connectivity index is 2.31. The second-order valence-electron chi connectivity index (χ2n) is 3.35. The van der Waals surface area contributed by atoms with E-state index in [-0.39, 0.29) is 5.02 Å². The zero-order valence-electron chi connectivity index (χ0n) is 8.54. The van der Waals surface area contributed by atoms with Crippen molar-refractivity contribution in [2.45, 2.75) is 0 Å². The number of nitrogens with zero attached hydrogens (tertiary/aromatic N) is 2. The number of aryl methyl sites for hydroxylation is 1. The van der Waals surface area contributed by atoms with E-state index in [1.165, 1.54) is 12.1 Å². The first kappa shape index (κ1) is 10.8. The number of hydrogen-bond acceptors (Lipinski definition) is 3. The molecule has 84 valence electrons. The number of benzene rings is 1. The fourth-order valence-corrected chi connectivity index (χ4v) is 1.46. The van der Waals surface area contributed by atoms with Crippen LogP contribution in [0.1, 0.15) is 0 Å². The molecule has 1 heterocycles. The van der Waals surface area contributed by atoms with Gasteiger partial charge >= 0.3 is 0 Å². The van der Waals surface area contributed by atoms with Crippen molar-refractivity contribution in [2.75, 3.05) is 11.1 Å². The first-order chi connectivity index (χ1) is 7.56. The van der Waals surface area contributed by atoms with Crippen molar-refractivity contribution in [1.29, 1.82) is 0 Å². The highest BCUT2D eigenvalue weighted by Gasteiger charge is 2.07. The fourth-order valence-electron chi connectivity index (χ4n) is 1.29. The molecule has 0 aliphatic heterocycles. The first-order valence-electron chi connectivity index (χ1n) is 4.57. The van der Waals surface area contributed by atoms with Gasteiger partial charge in [0.05, 0.1) is 16.4 Å². The van der Waals surface area contributed by atoms with Gasteiger partial charge in [-0.1, -0.05) is 11.6 Å². The van der Waals surface area contributed by atoms with Gasteiger partial charge in [0.1, 0.15) is 5.82 Å². The van der Waals surface area contributed by atoms with E-state index in [1.807, 2.05) is 0 Å². The van der Waals surface area contributed by atoms with E-state index in [0.29, 0.717) is 17.2 Å². The summed E-state index contributed by atoms with van der Waals surface area (Å²) in [6.07, 6.45) is 1.77. The van der Waals surface area contributed by atoms with E-state index in [2.05, 4.69) is 10.4 Å². The van der Waals surface area contributed by atoms with Gasteiger partial charge in [-0.2, -0.15) is 5.10 Å². The number of nitrogens with one attached hydrogen (secondary N) is 1. The maximum absolute atomic E-state index is 13.2. The summed E-state index contributed by atoms with van der Waals surface area (Å²) in [4.78, 5) is 0. The Morgan fingerprint density at radius 3 is 2.88 bits per heavy atom. The van der Waals surface area contributed by atoms with Crippen LogP contribution in [0.3, 0.4) is 0 Å². The van der Waals surface area contributed by atoms with Crippen LogP contribution in [-0.2, 0) is 7.05 Å². The van der Waals surface area contributed by atoms with Gasteiger partial charge in [-0.05, 0) is 6.07 Å². The largest absolute Gasteiger partial charge is 0.397 e. The lowest BCUT2D eigenvalue weighted by molar-refractivity contribution is 0.629. The maximum atomic E-state index is 13.2. The molecule has 2 aromatic rings. The monoisotopic (exact) mass is 240 g/mol. The van der Waals surface area contributed by atoms with Gasteiger partial charge in [-0.15, -0.1) is 0 Å². The quantitative estimate of drug-likeness (QED) is 0.794. The summed E-state index contributed by atoms with van der Waals surface area (Å²) in [6.45, 7) is 0. The molecule has 3 N–H and O–H groups in total. The van der Waals surface area contributed by atoms with Crippen LogP contribution in [0.5, 0.6) is 0 Å². The van der Waals surface area contributed by atoms with Crippen molar-refractivity contribution in [1.82, 2.24) is 9.78 Å². The van der Waals surface area contributed by atoms with E-state index in [0.717, 1.165) is 0 Å². The standard InChI is InChI=1S/C10H10ClFN4/c1-16-3-2-10(15-16)14-9-5-7(12)6(11)4-8(9)13/h2-5H,13H2,1H3,(H,14,15). The van der Waals surface area contributed by atoms with Crippen LogP contribution in [0.15, 0.2) is 24.4 Å². The van der Waals surface area contributed by atoms with Gasteiger partial charge in [0.2, 0.25) is 0 Å². The van der Waals surface area contributed by atoms with Gasteiger partial charge in [0.25, 0.3) is 0 Å². The lowest BCUT2D eigenvalue weighted by atomic mass is 10.2. The second kappa shape index (κ2) is 4.02. The molecule has 0 bridgehead atoms. The van der Waals surface area contributed by atoms with Crippen LogP contribution < -0.4 is 11.1 Å². The van der Waals surface area contributed by atoms with Crippen molar-refractivity contribution < 1.29 is 4.39 Å². The van der Waals surface area contributed by atoms with E-state index in [9.17, 15) is 4.39 Å². The Bertz CT molecular complexity index is 524. The third-order valence-electron chi connectivity index (χ3n) is 2.07. The highest BCUT2D eigenvalue weighted by molar-refractivity contribution is 6.31. The van der Waals surface area contributed by atoms with Gasteiger partial charge in [0, 0.05) is 25.4 Å². The Morgan fingerprint density at radius 1 is 1.50 bits per heavy atom. The van der Waals surface area contributed by atoms with Crippen molar-refractivity contribution in [2.24, 2.45) is 7.05 Å². The molecule has 0 radical (unpaired) electrons. The minimum atomic E-state index is -0.519. The van der Waals surface area contributed by atoms with Crippen molar-refractivity contribution >= 4 is 28.8 Å². The number of hydrogen-bond donors (Lipinski definition) is 2. The molecular weight excluding hydrogens is 231 g/mol. The number of aromatic nitrogens is 2. The summed E-state index contributed by atoms with van der Waals surface area (Å²) in [5, 5.41) is 7.00. The first-order valence-corrected chi connectivity index (χ1v) is 4.95. The van der Waals surface area contributed by atoms with E-state index in [4.69, 9.17) is 17.3 Å². The van der Waals surface area contributed by atoms with Crippen LogP contribution in [0, 0.1) is 5.82 Å². The highest BCUT2D eigenvalue weighted by Crippen LogP contribution is 2.27. The number of nitrogen functional groups attached to an aromatic ring is 1. The molecule has 2 rings (SSSR count). The summed E-state index contributed by atoms with van der Waals surface area (Å²) in [5.41, 5.74) is 6.51. The van der Waals surface area contributed by atoms with Crippen LogP contribution in [0.4, 0.5) is 21.6 Å². The van der Waals surface area contributed by atoms with Crippen molar-refractivity contribution in [3.05, 3.63) is 35.2 Å². The molecular formula is C10H10ClFN4. The van der Waals surface area contributed by atoms with Crippen LogP contribution in [0.2, 0.25) is 5.02 Å². The van der Waals surface area contributed by atoms with Gasteiger partial charge in [-0.3, -0.25) is 4.68 Å². The highest BCUT2D eigenvalue weighted by atomic mass is 35.5. The number of anilines is 3. The second-order valence-corrected chi connectivity index (χ2v) is 3.76. The molecule has 0 saturated heterocycles. The smallest absolute Gasteiger partial charge is 0.152 e. The van der Waals surface area contributed by atoms with Crippen LogP contribution in [-0.4, -0.2) is 9.78 Å². The molecule has 0 aliphatic carbocycles. The molecule has 16 heavy (non-hydrogen) atoms. The minimum Gasteiger partial charge on any atom is -0.397 e. The zero-order valence-corrected chi connectivity index (χ0v) is 9.29. The Kier molecular flexibility index (Phi) is 2.70. The molecule has 0 unspecified atom stereocenters. The van der Waals surface area contributed by atoms with E-state index >= 15 is 0 Å². The minimum absolute atomic E-state index is 0.00377. The van der Waals surface area contributed by atoms with E-state index in [1.54, 1.807) is 24.0 Å². The van der Waals surface area contributed by atoms with Gasteiger partial charge < -0.3 is 11.1 Å². The summed E-state index contributed by atoms with van der Waals surface area (Å²) in [7, 11) is 1.79. The number of halogens is 2. The summed E-state index contributed by atoms with van der Waals surface area (Å²) in [5.74, 6) is 0.0743. The zero-order chi connectivity index (χ0) is 11.7. The van der Waals surface area contributed by atoms with Gasteiger partial charge in [0.15, 0.2) is 5.82 Å². The molecule has 1 aromatic heterocycles. The Morgan fingerprint density at radius 2 is 2.25 bits per heavy atom. The maximum Gasteiger partial charge on any atom is 0.152 e. The van der Waals surface area contributed by atoms with Crippen LogP contribution >= 0.6 is 11.6 Å². The molecule has 0 spiro atoms. The molecule has 0 aliphatic rings. The lowest BCUT2D eigenvalue weighted by Gasteiger charge is -2.07. The number of nitrogens with two attached hydrogens (primary N) is 1. The molecule has 4 nitrogen and oxygen atoms in total. The van der Waals surface area contributed by atoms with E-state index < -0.39 is 5.82 Å². The molecule has 0 atom stereocenters.